The van der Waals surface area contributed by atoms with E-state index in [4.69, 9.17) is 4.74 Å². The lowest BCUT2D eigenvalue weighted by molar-refractivity contribution is -0.128. The first-order valence-corrected chi connectivity index (χ1v) is 7.97. The Bertz CT molecular complexity index is 546. The van der Waals surface area contributed by atoms with Crippen molar-refractivity contribution >= 4 is 17.5 Å². The zero-order valence-electron chi connectivity index (χ0n) is 13.5. The molecule has 0 aromatic heterocycles. The third-order valence-corrected chi connectivity index (χ3v) is 4.25. The van der Waals surface area contributed by atoms with Gasteiger partial charge in [-0.15, -0.1) is 6.58 Å². The molecule has 1 aliphatic carbocycles. The van der Waals surface area contributed by atoms with Gasteiger partial charge in [0.1, 0.15) is 5.75 Å². The number of hydrogen-bond acceptors (Lipinski definition) is 3. The van der Waals surface area contributed by atoms with Crippen molar-refractivity contribution in [2.75, 3.05) is 19.0 Å². The summed E-state index contributed by atoms with van der Waals surface area (Å²) in [7, 11) is 1.61. The van der Waals surface area contributed by atoms with E-state index in [0.717, 1.165) is 37.1 Å². The second kappa shape index (κ2) is 8.36. The summed E-state index contributed by atoms with van der Waals surface area (Å²) in [5, 5.41) is 5.76. The Morgan fingerprint density at radius 3 is 2.22 bits per heavy atom. The van der Waals surface area contributed by atoms with Gasteiger partial charge in [0.25, 0.3) is 0 Å². The first kappa shape index (κ1) is 17.1. The molecule has 2 amide bonds. The molecular formula is C18H24N2O3. The zero-order chi connectivity index (χ0) is 16.7. The van der Waals surface area contributed by atoms with E-state index in [1.807, 2.05) is 24.3 Å². The first-order chi connectivity index (χ1) is 11.1. The van der Waals surface area contributed by atoms with E-state index in [-0.39, 0.29) is 23.7 Å². The molecule has 0 heterocycles. The Kier molecular flexibility index (Phi) is 6.20. The van der Waals surface area contributed by atoms with E-state index in [9.17, 15) is 9.59 Å². The summed E-state index contributed by atoms with van der Waals surface area (Å²) in [5.74, 6) is 0.841. The van der Waals surface area contributed by atoms with Crippen LogP contribution < -0.4 is 15.4 Å². The molecule has 124 valence electrons. The molecule has 1 aliphatic rings. The molecule has 0 atom stereocenters. The number of hydrogen-bond donors (Lipinski definition) is 2. The Balaban J connectivity index is 1.80. The molecule has 23 heavy (non-hydrogen) atoms. The highest BCUT2D eigenvalue weighted by molar-refractivity contribution is 5.92. The van der Waals surface area contributed by atoms with Crippen molar-refractivity contribution in [2.24, 2.45) is 11.8 Å². The van der Waals surface area contributed by atoms with Crippen LogP contribution in [0, 0.1) is 11.8 Å². The lowest BCUT2D eigenvalue weighted by Crippen LogP contribution is -2.35. The Labute approximate surface area is 137 Å². The summed E-state index contributed by atoms with van der Waals surface area (Å²) in [6.45, 7) is 4.08. The van der Waals surface area contributed by atoms with Gasteiger partial charge in [0.2, 0.25) is 11.8 Å². The van der Waals surface area contributed by atoms with Gasteiger partial charge >= 0.3 is 0 Å². The van der Waals surface area contributed by atoms with Crippen LogP contribution in [0.1, 0.15) is 25.7 Å². The topological polar surface area (TPSA) is 67.4 Å². The monoisotopic (exact) mass is 316 g/mol. The lowest BCUT2D eigenvalue weighted by atomic mass is 9.81. The van der Waals surface area contributed by atoms with Crippen molar-refractivity contribution < 1.29 is 14.3 Å². The van der Waals surface area contributed by atoms with Crippen LogP contribution in [0.25, 0.3) is 0 Å². The van der Waals surface area contributed by atoms with E-state index in [1.54, 1.807) is 13.2 Å². The second-order valence-corrected chi connectivity index (χ2v) is 5.80. The van der Waals surface area contributed by atoms with Gasteiger partial charge in [0.15, 0.2) is 0 Å². The molecule has 0 radical (unpaired) electrons. The molecule has 0 unspecified atom stereocenters. The fourth-order valence-corrected chi connectivity index (χ4v) is 2.85. The summed E-state index contributed by atoms with van der Waals surface area (Å²) in [6.07, 6.45) is 4.67. The summed E-state index contributed by atoms with van der Waals surface area (Å²) >= 11 is 0. The molecule has 5 heteroatoms. The Morgan fingerprint density at radius 1 is 1.13 bits per heavy atom. The summed E-state index contributed by atoms with van der Waals surface area (Å²) in [4.78, 5) is 24.2. The fourth-order valence-electron chi connectivity index (χ4n) is 2.85. The van der Waals surface area contributed by atoms with Crippen molar-refractivity contribution in [3.05, 3.63) is 36.9 Å². The highest BCUT2D eigenvalue weighted by atomic mass is 16.5. The average molecular weight is 316 g/mol. The molecule has 0 aliphatic heterocycles. The summed E-state index contributed by atoms with van der Waals surface area (Å²) in [5.41, 5.74) is 0.765. The van der Waals surface area contributed by atoms with Crippen LogP contribution in [0.4, 0.5) is 5.69 Å². The second-order valence-electron chi connectivity index (χ2n) is 5.80. The molecule has 2 rings (SSSR count). The number of methoxy groups -OCH3 is 1. The highest BCUT2D eigenvalue weighted by Crippen LogP contribution is 2.30. The number of carbonyl (C=O) groups is 2. The van der Waals surface area contributed by atoms with Gasteiger partial charge < -0.3 is 15.4 Å². The van der Waals surface area contributed by atoms with Crippen molar-refractivity contribution in [2.45, 2.75) is 25.7 Å². The average Bonchev–Trinajstić information content (AvgIpc) is 2.60. The third-order valence-electron chi connectivity index (χ3n) is 4.25. The van der Waals surface area contributed by atoms with Crippen molar-refractivity contribution in [3.8, 4) is 5.75 Å². The smallest absolute Gasteiger partial charge is 0.227 e. The number of ether oxygens (including phenoxy) is 1. The van der Waals surface area contributed by atoms with E-state index in [0.29, 0.717) is 6.54 Å². The van der Waals surface area contributed by atoms with E-state index >= 15 is 0 Å². The molecule has 0 bridgehead atoms. The minimum Gasteiger partial charge on any atom is -0.497 e. The lowest BCUT2D eigenvalue weighted by Gasteiger charge is -2.27. The van der Waals surface area contributed by atoms with Crippen LogP contribution in [0.15, 0.2) is 36.9 Å². The van der Waals surface area contributed by atoms with E-state index < -0.39 is 0 Å². The third kappa shape index (κ3) is 4.84. The predicted molar refractivity (Wildman–Crippen MR) is 90.3 cm³/mol. The van der Waals surface area contributed by atoms with E-state index in [2.05, 4.69) is 17.2 Å². The van der Waals surface area contributed by atoms with Gasteiger partial charge in [-0.2, -0.15) is 0 Å². The maximum atomic E-state index is 12.3. The highest BCUT2D eigenvalue weighted by Gasteiger charge is 2.29. The van der Waals surface area contributed by atoms with Gasteiger partial charge in [-0.1, -0.05) is 6.08 Å². The quantitative estimate of drug-likeness (QED) is 0.793. The van der Waals surface area contributed by atoms with Crippen LogP contribution in [-0.4, -0.2) is 25.5 Å². The summed E-state index contributed by atoms with van der Waals surface area (Å²) in [6, 6.07) is 7.28. The Morgan fingerprint density at radius 2 is 1.70 bits per heavy atom. The number of amides is 2. The predicted octanol–water partition coefficient (Wildman–Crippen LogP) is 2.74. The van der Waals surface area contributed by atoms with Crippen LogP contribution in [0.3, 0.4) is 0 Å². The first-order valence-electron chi connectivity index (χ1n) is 7.97. The molecule has 1 saturated carbocycles. The van der Waals surface area contributed by atoms with Gasteiger partial charge in [-0.25, -0.2) is 0 Å². The van der Waals surface area contributed by atoms with Crippen LogP contribution in [0.2, 0.25) is 0 Å². The summed E-state index contributed by atoms with van der Waals surface area (Å²) < 4.78 is 5.10. The number of carbonyl (C=O) groups excluding carboxylic acids is 2. The number of rotatable bonds is 6. The number of nitrogens with one attached hydrogen (secondary N) is 2. The largest absolute Gasteiger partial charge is 0.497 e. The molecule has 0 spiro atoms. The maximum absolute atomic E-state index is 12.3. The zero-order valence-corrected chi connectivity index (χ0v) is 13.5. The Hall–Kier alpha value is -2.30. The number of anilines is 1. The van der Waals surface area contributed by atoms with Crippen molar-refractivity contribution in [1.82, 2.24) is 5.32 Å². The van der Waals surface area contributed by atoms with Crippen LogP contribution >= 0.6 is 0 Å². The van der Waals surface area contributed by atoms with Crippen molar-refractivity contribution in [1.29, 1.82) is 0 Å². The van der Waals surface area contributed by atoms with Crippen LogP contribution in [-0.2, 0) is 9.59 Å². The van der Waals surface area contributed by atoms with Gasteiger partial charge in [0.05, 0.1) is 7.11 Å². The minimum atomic E-state index is -0.0273. The fraction of sp³-hybridized carbons (Fsp3) is 0.444. The van der Waals surface area contributed by atoms with Gasteiger partial charge in [-0.3, -0.25) is 9.59 Å². The molecule has 1 aromatic rings. The maximum Gasteiger partial charge on any atom is 0.227 e. The minimum absolute atomic E-state index is 0.0139. The normalized spacial score (nSPS) is 20.4. The number of benzene rings is 1. The van der Waals surface area contributed by atoms with E-state index in [1.165, 1.54) is 0 Å². The molecule has 1 aromatic carbocycles. The standard InChI is InChI=1S/C18H24N2O3/c1-3-12-19-17(21)13-4-6-14(7-5-13)18(22)20-15-8-10-16(23-2)11-9-15/h3,8-11,13-14H,1,4-7,12H2,2H3,(H,19,21)(H,20,22). The SMILES string of the molecule is C=CCNC(=O)C1CCC(C(=O)Nc2ccc(OC)cc2)CC1. The molecule has 0 saturated heterocycles. The molecule has 2 N–H and O–H groups in total. The molecule has 1 fully saturated rings. The van der Waals surface area contributed by atoms with Gasteiger partial charge in [0, 0.05) is 24.1 Å². The van der Waals surface area contributed by atoms with Crippen molar-refractivity contribution in [3.63, 3.8) is 0 Å². The van der Waals surface area contributed by atoms with Gasteiger partial charge in [-0.05, 0) is 49.9 Å². The molecule has 5 nitrogen and oxygen atoms in total. The van der Waals surface area contributed by atoms with Crippen LogP contribution in [0.5, 0.6) is 5.75 Å². The molecular weight excluding hydrogens is 292 g/mol.